The SMILES string of the molecule is COc1ccc([C@]2(OC)O[C@H](COC(C)=O)[C@@H](OC(C)=O)[C@H](OC(C)=O)[C@H]2OC(C)=O)cc1. The van der Waals surface area contributed by atoms with E-state index >= 15 is 0 Å². The van der Waals surface area contributed by atoms with Crippen molar-refractivity contribution in [1.29, 1.82) is 0 Å². The Morgan fingerprint density at radius 2 is 1.36 bits per heavy atom. The Kier molecular flexibility index (Phi) is 8.77. The zero-order valence-electron chi connectivity index (χ0n) is 19.3. The van der Waals surface area contributed by atoms with Crippen LogP contribution >= 0.6 is 0 Å². The lowest BCUT2D eigenvalue weighted by Crippen LogP contribution is -2.67. The van der Waals surface area contributed by atoms with Crippen LogP contribution in [0.1, 0.15) is 33.3 Å². The molecule has 0 aromatic heterocycles. The molecule has 0 radical (unpaired) electrons. The predicted molar refractivity (Wildman–Crippen MR) is 110 cm³/mol. The van der Waals surface area contributed by atoms with Gasteiger partial charge in [-0.05, 0) is 24.3 Å². The predicted octanol–water partition coefficient (Wildman–Crippen LogP) is 1.25. The molecule has 0 bridgehead atoms. The quantitative estimate of drug-likeness (QED) is 0.403. The Balaban J connectivity index is 2.69. The molecule has 2 rings (SSSR count). The zero-order chi connectivity index (χ0) is 24.8. The van der Waals surface area contributed by atoms with Crippen LogP contribution < -0.4 is 4.74 Å². The van der Waals surface area contributed by atoms with Crippen LogP contribution in [0.15, 0.2) is 24.3 Å². The molecule has 0 N–H and O–H groups in total. The average Bonchev–Trinajstić information content (AvgIpc) is 2.74. The Hall–Kier alpha value is -3.18. The number of benzene rings is 1. The number of hydrogen-bond donors (Lipinski definition) is 0. The summed E-state index contributed by atoms with van der Waals surface area (Å²) in [6.45, 7) is 4.29. The number of methoxy groups -OCH3 is 2. The second kappa shape index (κ2) is 11.1. The first-order chi connectivity index (χ1) is 15.5. The zero-order valence-corrected chi connectivity index (χ0v) is 19.3. The lowest BCUT2D eigenvalue weighted by molar-refractivity contribution is -0.367. The average molecular weight is 468 g/mol. The van der Waals surface area contributed by atoms with Crippen LogP contribution in [0.3, 0.4) is 0 Å². The van der Waals surface area contributed by atoms with E-state index < -0.39 is 54.1 Å². The van der Waals surface area contributed by atoms with Crippen molar-refractivity contribution in [3.8, 4) is 5.75 Å². The number of esters is 4. The van der Waals surface area contributed by atoms with Crippen molar-refractivity contribution in [1.82, 2.24) is 0 Å². The molecule has 0 unspecified atom stereocenters. The largest absolute Gasteiger partial charge is 0.497 e. The van der Waals surface area contributed by atoms with Gasteiger partial charge in [0.1, 0.15) is 18.5 Å². The maximum absolute atomic E-state index is 12.0. The molecule has 0 saturated carbocycles. The molecule has 1 aromatic carbocycles. The fourth-order valence-corrected chi connectivity index (χ4v) is 3.60. The lowest BCUT2D eigenvalue weighted by Gasteiger charge is -2.50. The van der Waals surface area contributed by atoms with E-state index in [2.05, 4.69) is 0 Å². The summed E-state index contributed by atoms with van der Waals surface area (Å²) < 4.78 is 38.5. The molecule has 5 atom stereocenters. The smallest absolute Gasteiger partial charge is 0.303 e. The Labute approximate surface area is 191 Å². The fraction of sp³-hybridized carbons (Fsp3) is 0.545. The van der Waals surface area contributed by atoms with Crippen LogP contribution in [0.5, 0.6) is 5.75 Å². The topological polar surface area (TPSA) is 133 Å². The van der Waals surface area contributed by atoms with Gasteiger partial charge < -0.3 is 33.2 Å². The molecule has 1 heterocycles. The van der Waals surface area contributed by atoms with Gasteiger partial charge >= 0.3 is 23.9 Å². The summed E-state index contributed by atoms with van der Waals surface area (Å²) in [6, 6.07) is 6.48. The first kappa shape index (κ1) is 26.1. The summed E-state index contributed by atoms with van der Waals surface area (Å²) in [5.74, 6) is -4.07. The van der Waals surface area contributed by atoms with Gasteiger partial charge in [0.15, 0.2) is 12.2 Å². The van der Waals surface area contributed by atoms with Crippen molar-refractivity contribution < 1.29 is 52.3 Å². The molecule has 11 heteroatoms. The minimum atomic E-state index is -1.82. The first-order valence-corrected chi connectivity index (χ1v) is 10.1. The monoisotopic (exact) mass is 468 g/mol. The number of carbonyl (C=O) groups excluding carboxylic acids is 4. The van der Waals surface area contributed by atoms with Crippen LogP contribution in [-0.2, 0) is 53.4 Å². The second-order valence-corrected chi connectivity index (χ2v) is 7.24. The van der Waals surface area contributed by atoms with Gasteiger partial charge in [-0.1, -0.05) is 0 Å². The highest BCUT2D eigenvalue weighted by molar-refractivity contribution is 5.69. The molecule has 11 nitrogen and oxygen atoms in total. The van der Waals surface area contributed by atoms with Gasteiger partial charge in [0.25, 0.3) is 0 Å². The molecule has 0 amide bonds. The minimum absolute atomic E-state index is 0.362. The summed E-state index contributed by atoms with van der Waals surface area (Å²) in [5.41, 5.74) is 0.378. The molecule has 1 saturated heterocycles. The Morgan fingerprint density at radius 3 is 1.82 bits per heavy atom. The third-order valence-electron chi connectivity index (χ3n) is 4.83. The molecule has 0 spiro atoms. The summed E-state index contributed by atoms with van der Waals surface area (Å²) in [4.78, 5) is 47.3. The van der Waals surface area contributed by atoms with Crippen LogP contribution in [0, 0.1) is 0 Å². The highest BCUT2D eigenvalue weighted by atomic mass is 16.7. The van der Waals surface area contributed by atoms with Crippen molar-refractivity contribution >= 4 is 23.9 Å². The normalized spacial score (nSPS) is 26.6. The Bertz CT molecular complexity index is 866. The van der Waals surface area contributed by atoms with Gasteiger partial charge in [-0.25, -0.2) is 0 Å². The van der Waals surface area contributed by atoms with Gasteiger partial charge in [0.05, 0.1) is 7.11 Å². The van der Waals surface area contributed by atoms with Gasteiger partial charge in [0, 0.05) is 40.4 Å². The fourth-order valence-electron chi connectivity index (χ4n) is 3.60. The van der Waals surface area contributed by atoms with Gasteiger partial charge in [-0.2, -0.15) is 0 Å². The van der Waals surface area contributed by atoms with Crippen LogP contribution in [0.4, 0.5) is 0 Å². The number of rotatable bonds is 8. The highest BCUT2D eigenvalue weighted by Crippen LogP contribution is 2.43. The van der Waals surface area contributed by atoms with Gasteiger partial charge in [-0.15, -0.1) is 0 Å². The first-order valence-electron chi connectivity index (χ1n) is 10.1. The van der Waals surface area contributed by atoms with Crippen LogP contribution in [0.25, 0.3) is 0 Å². The standard InChI is InChI=1S/C22H28O11/c1-12(23)29-11-18-19(30-13(2)24)20(31-14(3)25)21(32-15(4)26)22(28-6,33-18)16-7-9-17(27-5)10-8-16/h7-10,18-21H,11H2,1-6H3/t18-,19-,20+,21-,22+/m1/s1. The molecule has 1 aromatic rings. The molecular formula is C22H28O11. The number of ether oxygens (including phenoxy) is 7. The lowest BCUT2D eigenvalue weighted by atomic mass is 9.87. The van der Waals surface area contributed by atoms with E-state index in [0.717, 1.165) is 20.8 Å². The summed E-state index contributed by atoms with van der Waals surface area (Å²) >= 11 is 0. The summed E-state index contributed by atoms with van der Waals surface area (Å²) in [7, 11) is 2.80. The van der Waals surface area contributed by atoms with E-state index in [1.807, 2.05) is 0 Å². The van der Waals surface area contributed by atoms with Gasteiger partial charge in [0.2, 0.25) is 11.9 Å². The van der Waals surface area contributed by atoms with E-state index in [9.17, 15) is 19.2 Å². The maximum atomic E-state index is 12.0. The van der Waals surface area contributed by atoms with E-state index in [0.29, 0.717) is 11.3 Å². The van der Waals surface area contributed by atoms with Crippen molar-refractivity contribution in [3.63, 3.8) is 0 Å². The number of hydrogen-bond acceptors (Lipinski definition) is 11. The number of carbonyl (C=O) groups is 4. The summed E-state index contributed by atoms with van der Waals surface area (Å²) in [6.07, 6.45) is -5.17. The maximum Gasteiger partial charge on any atom is 0.303 e. The van der Waals surface area contributed by atoms with Crippen LogP contribution in [-0.4, -0.2) is 69.1 Å². The highest BCUT2D eigenvalue weighted by Gasteiger charge is 2.61. The van der Waals surface area contributed by atoms with Crippen molar-refractivity contribution in [2.24, 2.45) is 0 Å². The minimum Gasteiger partial charge on any atom is -0.497 e. The Morgan fingerprint density at radius 1 is 0.818 bits per heavy atom. The van der Waals surface area contributed by atoms with E-state index in [1.54, 1.807) is 24.3 Å². The molecule has 1 aliphatic rings. The third kappa shape index (κ3) is 6.20. The third-order valence-corrected chi connectivity index (χ3v) is 4.83. The second-order valence-electron chi connectivity index (χ2n) is 7.24. The molecule has 33 heavy (non-hydrogen) atoms. The molecule has 182 valence electrons. The van der Waals surface area contributed by atoms with E-state index in [4.69, 9.17) is 33.2 Å². The van der Waals surface area contributed by atoms with Crippen molar-refractivity contribution in [3.05, 3.63) is 29.8 Å². The molecule has 1 aliphatic heterocycles. The molecule has 1 fully saturated rings. The molecular weight excluding hydrogens is 440 g/mol. The van der Waals surface area contributed by atoms with Crippen molar-refractivity contribution in [2.75, 3.05) is 20.8 Å². The van der Waals surface area contributed by atoms with Crippen molar-refractivity contribution in [2.45, 2.75) is 57.9 Å². The van der Waals surface area contributed by atoms with E-state index in [-0.39, 0.29) is 6.61 Å². The van der Waals surface area contributed by atoms with Crippen LogP contribution in [0.2, 0.25) is 0 Å². The van der Waals surface area contributed by atoms with Gasteiger partial charge in [-0.3, -0.25) is 19.2 Å². The molecule has 0 aliphatic carbocycles. The summed E-state index contributed by atoms with van der Waals surface area (Å²) in [5, 5.41) is 0. The van der Waals surface area contributed by atoms with E-state index in [1.165, 1.54) is 21.1 Å².